The van der Waals surface area contributed by atoms with Crippen LogP contribution < -0.4 is 0 Å². The standard InChI is InChI=1S/C28H31N3O3/c1-4-25-26(34-27(2,3)33-25)24(30-31-29)20-32-28(21-14-8-5-9-15-21,22-16-10-6-11-17-22)23-18-12-7-13-19-23/h5-19,24-26H,4,20H2,1-3H3/t24-,25+,26-/m0/s1. The second-order valence-electron chi connectivity index (χ2n) is 8.91. The minimum Gasteiger partial charge on any atom is -0.360 e. The molecule has 0 aromatic heterocycles. The highest BCUT2D eigenvalue weighted by molar-refractivity contribution is 5.47. The van der Waals surface area contributed by atoms with Crippen LogP contribution in [-0.4, -0.2) is 30.6 Å². The molecule has 0 amide bonds. The van der Waals surface area contributed by atoms with Gasteiger partial charge in [0.05, 0.1) is 24.9 Å². The van der Waals surface area contributed by atoms with E-state index in [1.54, 1.807) is 0 Å². The summed E-state index contributed by atoms with van der Waals surface area (Å²) < 4.78 is 19.1. The normalized spacial score (nSPS) is 20.4. The maximum atomic E-state index is 9.37. The third-order valence-electron chi connectivity index (χ3n) is 6.21. The molecule has 1 heterocycles. The minimum atomic E-state index is -0.899. The van der Waals surface area contributed by atoms with Crippen LogP contribution in [0.2, 0.25) is 0 Å². The number of nitrogens with zero attached hydrogens (tertiary/aromatic N) is 3. The van der Waals surface area contributed by atoms with Crippen LogP contribution in [0.4, 0.5) is 0 Å². The van der Waals surface area contributed by atoms with E-state index >= 15 is 0 Å². The maximum Gasteiger partial charge on any atom is 0.163 e. The van der Waals surface area contributed by atoms with Gasteiger partial charge in [-0.2, -0.15) is 0 Å². The highest BCUT2D eigenvalue weighted by Gasteiger charge is 2.45. The van der Waals surface area contributed by atoms with Crippen LogP contribution >= 0.6 is 0 Å². The SMILES string of the molecule is CC[C@H]1OC(C)(C)O[C@H]1[C@H](COC(c1ccccc1)(c1ccccc1)c1ccccc1)N=[N+]=[N-]. The van der Waals surface area contributed by atoms with Gasteiger partial charge in [-0.3, -0.25) is 0 Å². The number of hydrogen-bond donors (Lipinski definition) is 0. The quantitative estimate of drug-likeness (QED) is 0.157. The van der Waals surface area contributed by atoms with Crippen LogP contribution in [0.25, 0.3) is 10.4 Å². The van der Waals surface area contributed by atoms with Gasteiger partial charge in [0.2, 0.25) is 0 Å². The van der Waals surface area contributed by atoms with Gasteiger partial charge < -0.3 is 14.2 Å². The van der Waals surface area contributed by atoms with Gasteiger partial charge in [-0.15, -0.1) is 0 Å². The van der Waals surface area contributed by atoms with Crippen LogP contribution in [0.15, 0.2) is 96.1 Å². The van der Waals surface area contributed by atoms with Gasteiger partial charge in [-0.1, -0.05) is 103 Å². The molecule has 0 saturated carbocycles. The van der Waals surface area contributed by atoms with E-state index in [0.29, 0.717) is 0 Å². The second kappa shape index (κ2) is 10.4. The Bertz CT molecular complexity index is 1000. The first-order valence-electron chi connectivity index (χ1n) is 11.7. The Hall–Kier alpha value is -3.15. The van der Waals surface area contributed by atoms with Crippen LogP contribution in [0, 0.1) is 0 Å². The number of rotatable bonds is 9. The highest BCUT2D eigenvalue weighted by Crippen LogP contribution is 2.41. The number of benzene rings is 3. The van der Waals surface area contributed by atoms with Gasteiger partial charge >= 0.3 is 0 Å². The Labute approximate surface area is 201 Å². The van der Waals surface area contributed by atoms with E-state index in [9.17, 15) is 5.53 Å². The molecular formula is C28H31N3O3. The van der Waals surface area contributed by atoms with Crippen molar-refractivity contribution in [2.24, 2.45) is 5.11 Å². The zero-order valence-corrected chi connectivity index (χ0v) is 19.9. The summed E-state index contributed by atoms with van der Waals surface area (Å²) >= 11 is 0. The summed E-state index contributed by atoms with van der Waals surface area (Å²) in [5, 5.41) is 4.10. The smallest absolute Gasteiger partial charge is 0.163 e. The van der Waals surface area contributed by atoms with Crippen LogP contribution in [0.3, 0.4) is 0 Å². The minimum absolute atomic E-state index is 0.156. The first-order chi connectivity index (χ1) is 16.5. The summed E-state index contributed by atoms with van der Waals surface area (Å²) in [5.74, 6) is -0.746. The molecule has 6 nitrogen and oxygen atoms in total. The fourth-order valence-electron chi connectivity index (χ4n) is 4.74. The van der Waals surface area contributed by atoms with Crippen molar-refractivity contribution in [2.45, 2.75) is 56.8 Å². The molecule has 0 radical (unpaired) electrons. The van der Waals surface area contributed by atoms with Crippen molar-refractivity contribution in [3.63, 3.8) is 0 Å². The van der Waals surface area contributed by atoms with E-state index in [4.69, 9.17) is 14.2 Å². The lowest BCUT2D eigenvalue weighted by molar-refractivity contribution is -0.150. The van der Waals surface area contributed by atoms with E-state index in [0.717, 1.165) is 23.1 Å². The number of azide groups is 1. The lowest BCUT2D eigenvalue weighted by Crippen LogP contribution is -2.41. The molecule has 4 rings (SSSR count). The molecule has 1 aliphatic rings. The predicted molar refractivity (Wildman–Crippen MR) is 132 cm³/mol. The molecule has 0 N–H and O–H groups in total. The van der Waals surface area contributed by atoms with E-state index < -0.39 is 23.5 Å². The Balaban J connectivity index is 1.79. The van der Waals surface area contributed by atoms with Gasteiger partial charge in [0.25, 0.3) is 0 Å². The molecule has 1 aliphatic heterocycles. The molecule has 6 heteroatoms. The summed E-state index contributed by atoms with van der Waals surface area (Å²) in [6.07, 6.45) is 0.150. The summed E-state index contributed by atoms with van der Waals surface area (Å²) in [5.41, 5.74) is 11.4. The summed E-state index contributed by atoms with van der Waals surface area (Å²) in [7, 11) is 0. The first-order valence-corrected chi connectivity index (χ1v) is 11.7. The van der Waals surface area contributed by atoms with Crippen molar-refractivity contribution in [1.82, 2.24) is 0 Å². The molecule has 0 aliphatic carbocycles. The Morgan fingerprint density at radius 1 is 0.882 bits per heavy atom. The topological polar surface area (TPSA) is 76.5 Å². The van der Waals surface area contributed by atoms with E-state index in [-0.39, 0.29) is 12.7 Å². The molecule has 3 aromatic carbocycles. The zero-order chi connectivity index (χ0) is 24.0. The van der Waals surface area contributed by atoms with Crippen molar-refractivity contribution in [1.29, 1.82) is 0 Å². The van der Waals surface area contributed by atoms with Crippen molar-refractivity contribution < 1.29 is 14.2 Å². The van der Waals surface area contributed by atoms with Gasteiger partial charge in [-0.05, 0) is 42.5 Å². The van der Waals surface area contributed by atoms with Crippen LogP contribution in [0.1, 0.15) is 43.9 Å². The lowest BCUT2D eigenvalue weighted by atomic mass is 9.80. The number of hydrogen-bond acceptors (Lipinski definition) is 4. The van der Waals surface area contributed by atoms with Crippen molar-refractivity contribution in [3.8, 4) is 0 Å². The van der Waals surface area contributed by atoms with Gasteiger partial charge in [0.15, 0.2) is 5.79 Å². The molecular weight excluding hydrogens is 426 g/mol. The number of ether oxygens (including phenoxy) is 3. The Morgan fingerprint density at radius 2 is 1.35 bits per heavy atom. The third kappa shape index (κ3) is 4.86. The van der Waals surface area contributed by atoms with E-state index in [1.807, 2.05) is 75.4 Å². The fraction of sp³-hybridized carbons (Fsp3) is 0.357. The molecule has 1 fully saturated rings. The summed E-state index contributed by atoms with van der Waals surface area (Å²) in [4.78, 5) is 3.13. The third-order valence-corrected chi connectivity index (χ3v) is 6.21. The monoisotopic (exact) mass is 457 g/mol. The molecule has 176 valence electrons. The molecule has 0 spiro atoms. The second-order valence-corrected chi connectivity index (χ2v) is 8.91. The molecule has 3 atom stereocenters. The zero-order valence-electron chi connectivity index (χ0n) is 19.9. The fourth-order valence-corrected chi connectivity index (χ4v) is 4.74. The average molecular weight is 458 g/mol. The molecule has 3 aromatic rings. The predicted octanol–water partition coefficient (Wildman–Crippen LogP) is 6.60. The van der Waals surface area contributed by atoms with Crippen molar-refractivity contribution in [3.05, 3.63) is 118 Å². The molecule has 1 saturated heterocycles. The van der Waals surface area contributed by atoms with Crippen LogP contribution in [-0.2, 0) is 19.8 Å². The van der Waals surface area contributed by atoms with Gasteiger partial charge in [-0.25, -0.2) is 0 Å². The first kappa shape index (κ1) is 24.0. The Kier molecular flexibility index (Phi) is 7.35. The average Bonchev–Trinajstić information content (AvgIpc) is 3.20. The van der Waals surface area contributed by atoms with E-state index in [2.05, 4.69) is 46.4 Å². The van der Waals surface area contributed by atoms with Gasteiger partial charge in [0.1, 0.15) is 5.60 Å². The Morgan fingerprint density at radius 3 is 1.76 bits per heavy atom. The summed E-state index contributed by atoms with van der Waals surface area (Å²) in [6, 6.07) is 29.8. The van der Waals surface area contributed by atoms with Crippen LogP contribution in [0.5, 0.6) is 0 Å². The van der Waals surface area contributed by atoms with E-state index in [1.165, 1.54) is 0 Å². The highest BCUT2D eigenvalue weighted by atomic mass is 16.8. The van der Waals surface area contributed by atoms with Crippen molar-refractivity contribution >= 4 is 0 Å². The molecule has 34 heavy (non-hydrogen) atoms. The van der Waals surface area contributed by atoms with Gasteiger partial charge in [0, 0.05) is 4.91 Å². The molecule has 0 bridgehead atoms. The van der Waals surface area contributed by atoms with Crippen molar-refractivity contribution in [2.75, 3.05) is 6.61 Å². The lowest BCUT2D eigenvalue weighted by Gasteiger charge is -2.37. The summed E-state index contributed by atoms with van der Waals surface area (Å²) in [6.45, 7) is 5.96. The largest absolute Gasteiger partial charge is 0.360 e. The maximum absolute atomic E-state index is 9.37. The molecule has 0 unspecified atom stereocenters.